The fourth-order valence-corrected chi connectivity index (χ4v) is 4.29. The monoisotopic (exact) mass is 468 g/mol. The van der Waals surface area contributed by atoms with Gasteiger partial charge in [0.1, 0.15) is 6.61 Å². The maximum Gasteiger partial charge on any atom is 0.416 e. The van der Waals surface area contributed by atoms with Gasteiger partial charge in [-0.1, -0.05) is 66.7 Å². The fraction of sp³-hybridized carbons (Fsp3) is 0.296. The molecule has 1 heterocycles. The largest absolute Gasteiger partial charge is 0.416 e. The Morgan fingerprint density at radius 2 is 1.88 bits per heavy atom. The van der Waals surface area contributed by atoms with Crippen LogP contribution in [0.15, 0.2) is 79.4 Å². The van der Waals surface area contributed by atoms with Crippen molar-refractivity contribution in [3.05, 3.63) is 96.1 Å². The fourth-order valence-electron chi connectivity index (χ4n) is 4.29. The molecule has 1 saturated heterocycles. The van der Waals surface area contributed by atoms with Crippen molar-refractivity contribution in [3.8, 4) is 0 Å². The molecule has 7 heteroatoms. The second-order valence-electron chi connectivity index (χ2n) is 8.41. The SMILES string of the molecule is C=C[C@@H](NCC1CN(CCc2cccc(C(F)(F)F)c2)C(=O)CO1)c1cccc2ccccc12. The third kappa shape index (κ3) is 5.66. The zero-order valence-corrected chi connectivity index (χ0v) is 18.7. The summed E-state index contributed by atoms with van der Waals surface area (Å²) in [7, 11) is 0. The zero-order chi connectivity index (χ0) is 24.1. The van der Waals surface area contributed by atoms with Gasteiger partial charge in [0, 0.05) is 19.6 Å². The Balaban J connectivity index is 1.36. The van der Waals surface area contributed by atoms with Crippen molar-refractivity contribution in [2.24, 2.45) is 0 Å². The van der Waals surface area contributed by atoms with Gasteiger partial charge in [0.25, 0.3) is 0 Å². The lowest BCUT2D eigenvalue weighted by Crippen LogP contribution is -2.50. The topological polar surface area (TPSA) is 41.6 Å². The van der Waals surface area contributed by atoms with Crippen molar-refractivity contribution in [2.45, 2.75) is 24.7 Å². The smallest absolute Gasteiger partial charge is 0.365 e. The van der Waals surface area contributed by atoms with E-state index in [0.717, 1.165) is 28.5 Å². The lowest BCUT2D eigenvalue weighted by Gasteiger charge is -2.33. The van der Waals surface area contributed by atoms with E-state index in [0.29, 0.717) is 31.6 Å². The molecule has 0 radical (unpaired) electrons. The molecule has 3 aromatic rings. The number of morpholine rings is 1. The van der Waals surface area contributed by atoms with E-state index in [4.69, 9.17) is 4.74 Å². The van der Waals surface area contributed by atoms with Gasteiger partial charge >= 0.3 is 6.18 Å². The van der Waals surface area contributed by atoms with E-state index in [1.807, 2.05) is 24.3 Å². The van der Waals surface area contributed by atoms with Gasteiger partial charge in [-0.15, -0.1) is 6.58 Å². The van der Waals surface area contributed by atoms with Crippen LogP contribution in [0.1, 0.15) is 22.7 Å². The number of hydrogen-bond acceptors (Lipinski definition) is 3. The summed E-state index contributed by atoms with van der Waals surface area (Å²) in [6, 6.07) is 19.4. The third-order valence-corrected chi connectivity index (χ3v) is 6.10. The summed E-state index contributed by atoms with van der Waals surface area (Å²) in [5.41, 5.74) is 0.983. The Morgan fingerprint density at radius 3 is 2.68 bits per heavy atom. The molecular formula is C27H27F3N2O2. The number of carbonyl (C=O) groups excluding carboxylic acids is 1. The highest BCUT2D eigenvalue weighted by molar-refractivity contribution is 5.86. The molecule has 2 atom stereocenters. The first-order chi connectivity index (χ1) is 16.3. The number of benzene rings is 3. The number of halogens is 3. The van der Waals surface area contributed by atoms with Crippen LogP contribution in [0, 0.1) is 0 Å². The zero-order valence-electron chi connectivity index (χ0n) is 18.7. The van der Waals surface area contributed by atoms with Crippen molar-refractivity contribution in [1.82, 2.24) is 10.2 Å². The molecule has 0 spiro atoms. The summed E-state index contributed by atoms with van der Waals surface area (Å²) in [4.78, 5) is 14.0. The van der Waals surface area contributed by atoms with E-state index in [1.165, 1.54) is 6.07 Å². The average molecular weight is 469 g/mol. The highest BCUT2D eigenvalue weighted by Gasteiger charge is 2.31. The van der Waals surface area contributed by atoms with E-state index in [9.17, 15) is 18.0 Å². The second-order valence-corrected chi connectivity index (χ2v) is 8.41. The molecule has 1 N–H and O–H groups in total. The molecule has 1 amide bonds. The number of amides is 1. The van der Waals surface area contributed by atoms with Crippen LogP contribution in [0.2, 0.25) is 0 Å². The Kier molecular flexibility index (Phi) is 7.34. The molecular weight excluding hydrogens is 441 g/mol. The van der Waals surface area contributed by atoms with Crippen LogP contribution in [-0.2, 0) is 22.1 Å². The predicted octanol–water partition coefficient (Wildman–Crippen LogP) is 5.15. The number of carbonyl (C=O) groups is 1. The van der Waals surface area contributed by atoms with E-state index in [1.54, 1.807) is 11.0 Å². The number of ether oxygens (including phenoxy) is 1. The van der Waals surface area contributed by atoms with Crippen molar-refractivity contribution in [1.29, 1.82) is 0 Å². The van der Waals surface area contributed by atoms with E-state index in [2.05, 4.69) is 36.2 Å². The molecule has 34 heavy (non-hydrogen) atoms. The highest BCUT2D eigenvalue weighted by atomic mass is 19.4. The average Bonchev–Trinajstić information content (AvgIpc) is 2.84. The number of alkyl halides is 3. The first-order valence-corrected chi connectivity index (χ1v) is 11.2. The molecule has 0 bridgehead atoms. The van der Waals surface area contributed by atoms with E-state index in [-0.39, 0.29) is 24.7 Å². The molecule has 4 nitrogen and oxygen atoms in total. The Labute approximate surface area is 197 Å². The van der Waals surface area contributed by atoms with E-state index < -0.39 is 11.7 Å². The van der Waals surface area contributed by atoms with Crippen LogP contribution in [0.3, 0.4) is 0 Å². The normalized spacial score (nSPS) is 17.7. The summed E-state index contributed by atoms with van der Waals surface area (Å²) in [6.45, 7) is 5.16. The van der Waals surface area contributed by atoms with Crippen LogP contribution in [-0.4, -0.2) is 43.2 Å². The van der Waals surface area contributed by atoms with Crippen LogP contribution >= 0.6 is 0 Å². The van der Waals surface area contributed by atoms with Gasteiger partial charge < -0.3 is 15.0 Å². The molecule has 1 unspecified atom stereocenters. The molecule has 178 valence electrons. The van der Waals surface area contributed by atoms with Gasteiger partial charge in [-0.05, 0) is 34.4 Å². The summed E-state index contributed by atoms with van der Waals surface area (Å²) in [6.07, 6.45) is -2.41. The highest BCUT2D eigenvalue weighted by Crippen LogP contribution is 2.30. The molecule has 1 fully saturated rings. The molecule has 0 saturated carbocycles. The van der Waals surface area contributed by atoms with Crippen LogP contribution in [0.4, 0.5) is 13.2 Å². The van der Waals surface area contributed by atoms with Crippen molar-refractivity contribution < 1.29 is 22.7 Å². The standard InChI is InChI=1S/C27H27F3N2O2/c1-2-25(24-12-6-9-20-8-3-4-11-23(20)24)31-16-22-17-32(26(33)18-34-22)14-13-19-7-5-10-21(15-19)27(28,29)30/h2-12,15,22,25,31H,1,13-14,16-18H2/t22?,25-/m1/s1. The van der Waals surface area contributed by atoms with Crippen LogP contribution in [0.25, 0.3) is 10.8 Å². The number of rotatable bonds is 8. The Hall–Kier alpha value is -3.16. The van der Waals surface area contributed by atoms with Crippen LogP contribution < -0.4 is 5.32 Å². The summed E-state index contributed by atoms with van der Waals surface area (Å²) >= 11 is 0. The molecule has 1 aliphatic rings. The number of fused-ring (bicyclic) bond motifs is 1. The molecule has 3 aromatic carbocycles. The maximum atomic E-state index is 13.0. The number of nitrogens with one attached hydrogen (secondary N) is 1. The lowest BCUT2D eigenvalue weighted by atomic mass is 9.98. The van der Waals surface area contributed by atoms with Crippen molar-refractivity contribution in [3.63, 3.8) is 0 Å². The summed E-state index contributed by atoms with van der Waals surface area (Å²) in [5.74, 6) is -0.155. The molecule has 1 aliphatic heterocycles. The first kappa shape index (κ1) is 24.0. The predicted molar refractivity (Wildman–Crippen MR) is 126 cm³/mol. The molecule has 4 rings (SSSR count). The van der Waals surface area contributed by atoms with Gasteiger partial charge in [-0.2, -0.15) is 13.2 Å². The third-order valence-electron chi connectivity index (χ3n) is 6.10. The summed E-state index contributed by atoms with van der Waals surface area (Å²) < 4.78 is 44.6. The minimum absolute atomic E-state index is 0.0397. The Morgan fingerprint density at radius 1 is 1.12 bits per heavy atom. The number of nitrogens with zero attached hydrogens (tertiary/aromatic N) is 1. The summed E-state index contributed by atoms with van der Waals surface area (Å²) in [5, 5.41) is 5.77. The molecule has 0 aliphatic carbocycles. The van der Waals surface area contributed by atoms with Crippen LogP contribution in [0.5, 0.6) is 0 Å². The van der Waals surface area contributed by atoms with Gasteiger partial charge in [-0.25, -0.2) is 0 Å². The van der Waals surface area contributed by atoms with Gasteiger partial charge in [0.05, 0.1) is 17.7 Å². The minimum atomic E-state index is -4.38. The maximum absolute atomic E-state index is 13.0. The first-order valence-electron chi connectivity index (χ1n) is 11.2. The minimum Gasteiger partial charge on any atom is -0.365 e. The Bertz CT molecular complexity index is 1160. The quantitative estimate of drug-likeness (QED) is 0.465. The van der Waals surface area contributed by atoms with Crippen molar-refractivity contribution >= 4 is 16.7 Å². The van der Waals surface area contributed by atoms with E-state index >= 15 is 0 Å². The second kappa shape index (κ2) is 10.4. The number of hydrogen-bond donors (Lipinski definition) is 1. The molecule has 0 aromatic heterocycles. The van der Waals surface area contributed by atoms with Crippen molar-refractivity contribution in [2.75, 3.05) is 26.2 Å². The lowest BCUT2D eigenvalue weighted by molar-refractivity contribution is -0.148. The van der Waals surface area contributed by atoms with Gasteiger partial charge in [0.2, 0.25) is 5.91 Å². The van der Waals surface area contributed by atoms with Gasteiger partial charge in [0.15, 0.2) is 0 Å². The van der Waals surface area contributed by atoms with Gasteiger partial charge in [-0.3, -0.25) is 4.79 Å².